The zero-order chi connectivity index (χ0) is 10.6. The van der Waals surface area contributed by atoms with Crippen molar-refractivity contribution in [3.05, 3.63) is 47.5 Å². The molecule has 0 fully saturated rings. The molecule has 2 nitrogen and oxygen atoms in total. The first kappa shape index (κ1) is 10.6. The monoisotopic (exact) mass is 190 g/mol. The van der Waals surface area contributed by atoms with E-state index in [2.05, 4.69) is 37.2 Å². The fourth-order valence-electron chi connectivity index (χ4n) is 1.29. The van der Waals surface area contributed by atoms with Crippen LogP contribution >= 0.6 is 0 Å². The molecule has 0 aliphatic rings. The Bertz CT molecular complexity index is 311. The first-order valence-electron chi connectivity index (χ1n) is 4.78. The third-order valence-electron chi connectivity index (χ3n) is 1.95. The van der Waals surface area contributed by atoms with Crippen molar-refractivity contribution in [3.63, 3.8) is 0 Å². The van der Waals surface area contributed by atoms with Gasteiger partial charge in [0.2, 0.25) is 0 Å². The zero-order valence-electron chi connectivity index (χ0n) is 9.33. The van der Waals surface area contributed by atoms with Crippen molar-refractivity contribution >= 4 is 0 Å². The number of nitrogens with zero attached hydrogens (tertiary/aromatic N) is 1. The van der Waals surface area contributed by atoms with Gasteiger partial charge in [-0.2, -0.15) is 0 Å². The molecule has 0 amide bonds. The molecule has 0 saturated heterocycles. The Morgan fingerprint density at radius 1 is 1.14 bits per heavy atom. The Kier molecular flexibility index (Phi) is 3.57. The van der Waals surface area contributed by atoms with Crippen LogP contribution in [0, 0.1) is 20.8 Å². The summed E-state index contributed by atoms with van der Waals surface area (Å²) in [5.74, 6) is 0. The average Bonchev–Trinajstić information content (AvgIpc) is 2.63. The summed E-state index contributed by atoms with van der Waals surface area (Å²) in [5, 5.41) is 0. The van der Waals surface area contributed by atoms with Crippen LogP contribution in [0.2, 0.25) is 0 Å². The van der Waals surface area contributed by atoms with Gasteiger partial charge >= 0.3 is 0 Å². The maximum Gasteiger partial charge on any atom is 0.0118 e. The van der Waals surface area contributed by atoms with E-state index >= 15 is 0 Å². The van der Waals surface area contributed by atoms with Gasteiger partial charge in [-0.15, -0.1) is 0 Å². The molecule has 0 aromatic carbocycles. The molecule has 2 heterocycles. The molecule has 0 atom stereocenters. The number of H-pyrrole nitrogens is 1. The van der Waals surface area contributed by atoms with Crippen LogP contribution in [0.25, 0.3) is 0 Å². The summed E-state index contributed by atoms with van der Waals surface area (Å²) in [6.07, 6.45) is 6.12. The molecule has 2 aromatic rings. The summed E-state index contributed by atoms with van der Waals surface area (Å²) < 4.78 is 2.04. The van der Waals surface area contributed by atoms with Gasteiger partial charge in [0, 0.05) is 31.3 Å². The standard InChI is InChI=1S/2C6H9N/c1-5-3-6(2)7-4-5;1-6-3-4-7(2)5-6/h3-4,7H,1-2H3;3-5H,1-2H3. The summed E-state index contributed by atoms with van der Waals surface area (Å²) in [7, 11) is 2.02. The fourth-order valence-corrected chi connectivity index (χ4v) is 1.29. The van der Waals surface area contributed by atoms with Crippen molar-refractivity contribution in [3.8, 4) is 0 Å². The maximum atomic E-state index is 3.07. The Labute approximate surface area is 85.6 Å². The number of aromatic amines is 1. The number of hydrogen-bond acceptors (Lipinski definition) is 0. The van der Waals surface area contributed by atoms with E-state index in [0.29, 0.717) is 0 Å². The maximum absolute atomic E-state index is 3.07. The van der Waals surface area contributed by atoms with Crippen molar-refractivity contribution in [1.29, 1.82) is 0 Å². The summed E-state index contributed by atoms with van der Waals surface area (Å²) in [6, 6.07) is 4.19. The molecule has 2 aromatic heterocycles. The van der Waals surface area contributed by atoms with Crippen LogP contribution in [0.15, 0.2) is 30.7 Å². The molecule has 0 unspecified atom stereocenters. The first-order valence-corrected chi connectivity index (χ1v) is 4.78. The second kappa shape index (κ2) is 4.70. The molecule has 1 N–H and O–H groups in total. The van der Waals surface area contributed by atoms with Crippen molar-refractivity contribution < 1.29 is 0 Å². The topological polar surface area (TPSA) is 20.7 Å². The lowest BCUT2D eigenvalue weighted by molar-refractivity contribution is 0.925. The van der Waals surface area contributed by atoms with Crippen LogP contribution < -0.4 is 0 Å². The van der Waals surface area contributed by atoms with E-state index in [4.69, 9.17) is 0 Å². The van der Waals surface area contributed by atoms with E-state index in [0.717, 1.165) is 0 Å². The highest BCUT2D eigenvalue weighted by Crippen LogP contribution is 1.97. The molecule has 0 radical (unpaired) electrons. The van der Waals surface area contributed by atoms with Crippen molar-refractivity contribution in [2.75, 3.05) is 0 Å². The lowest BCUT2D eigenvalue weighted by Crippen LogP contribution is -1.76. The molecule has 2 heteroatoms. The Balaban J connectivity index is 0.000000140. The molecule has 0 aliphatic carbocycles. The Morgan fingerprint density at radius 3 is 2.00 bits per heavy atom. The van der Waals surface area contributed by atoms with Crippen LogP contribution in [-0.4, -0.2) is 9.55 Å². The zero-order valence-corrected chi connectivity index (χ0v) is 9.33. The number of rotatable bonds is 0. The van der Waals surface area contributed by atoms with E-state index in [1.54, 1.807) is 0 Å². The molecule has 14 heavy (non-hydrogen) atoms. The highest BCUT2D eigenvalue weighted by molar-refractivity contribution is 5.12. The molecular formula is C12H18N2. The second-order valence-electron chi connectivity index (χ2n) is 3.71. The second-order valence-corrected chi connectivity index (χ2v) is 3.71. The van der Waals surface area contributed by atoms with E-state index in [9.17, 15) is 0 Å². The quantitative estimate of drug-likeness (QED) is 0.659. The van der Waals surface area contributed by atoms with E-state index < -0.39 is 0 Å². The first-order chi connectivity index (χ1) is 6.58. The fraction of sp³-hybridized carbons (Fsp3) is 0.333. The SMILES string of the molecule is Cc1c[nH]c(C)c1.Cc1ccn(C)c1. The summed E-state index contributed by atoms with van der Waals surface area (Å²) in [5.41, 5.74) is 3.86. The van der Waals surface area contributed by atoms with Gasteiger partial charge in [0.05, 0.1) is 0 Å². The third kappa shape index (κ3) is 3.52. The molecule has 2 rings (SSSR count). The van der Waals surface area contributed by atoms with Gasteiger partial charge in [-0.1, -0.05) is 0 Å². The third-order valence-corrected chi connectivity index (χ3v) is 1.95. The van der Waals surface area contributed by atoms with Gasteiger partial charge < -0.3 is 9.55 Å². The Hall–Kier alpha value is -1.44. The molecule has 0 spiro atoms. The van der Waals surface area contributed by atoms with E-state index in [1.165, 1.54) is 16.8 Å². The molecule has 0 aliphatic heterocycles. The van der Waals surface area contributed by atoms with Crippen LogP contribution in [0.3, 0.4) is 0 Å². The molecular weight excluding hydrogens is 172 g/mol. The number of hydrogen-bond donors (Lipinski definition) is 1. The lowest BCUT2D eigenvalue weighted by Gasteiger charge is -1.80. The molecule has 0 bridgehead atoms. The van der Waals surface area contributed by atoms with Crippen LogP contribution in [-0.2, 0) is 7.05 Å². The minimum Gasteiger partial charge on any atom is -0.365 e. The number of aryl methyl sites for hydroxylation is 4. The Morgan fingerprint density at radius 2 is 1.86 bits per heavy atom. The minimum atomic E-state index is 1.23. The van der Waals surface area contributed by atoms with E-state index in [1.807, 2.05) is 30.9 Å². The van der Waals surface area contributed by atoms with Gasteiger partial charge in [-0.3, -0.25) is 0 Å². The molecule has 76 valence electrons. The van der Waals surface area contributed by atoms with Gasteiger partial charge in [-0.25, -0.2) is 0 Å². The van der Waals surface area contributed by atoms with Gasteiger partial charge in [0.15, 0.2) is 0 Å². The normalized spacial score (nSPS) is 9.43. The smallest absolute Gasteiger partial charge is 0.0118 e. The highest BCUT2D eigenvalue weighted by atomic mass is 14.9. The van der Waals surface area contributed by atoms with Crippen molar-refractivity contribution in [1.82, 2.24) is 9.55 Å². The molecule has 0 saturated carbocycles. The van der Waals surface area contributed by atoms with Crippen molar-refractivity contribution in [2.24, 2.45) is 7.05 Å². The van der Waals surface area contributed by atoms with Crippen LogP contribution in [0.1, 0.15) is 16.8 Å². The summed E-state index contributed by atoms with van der Waals surface area (Å²) >= 11 is 0. The van der Waals surface area contributed by atoms with Gasteiger partial charge in [0.25, 0.3) is 0 Å². The average molecular weight is 190 g/mol. The van der Waals surface area contributed by atoms with Gasteiger partial charge in [0.1, 0.15) is 0 Å². The minimum absolute atomic E-state index is 1.23. The lowest BCUT2D eigenvalue weighted by atomic mass is 10.4. The van der Waals surface area contributed by atoms with Crippen LogP contribution in [0.4, 0.5) is 0 Å². The predicted octanol–water partition coefficient (Wildman–Crippen LogP) is 2.97. The van der Waals surface area contributed by atoms with Gasteiger partial charge in [-0.05, 0) is 44.0 Å². The highest BCUT2D eigenvalue weighted by Gasteiger charge is 1.82. The number of aromatic nitrogens is 2. The summed E-state index contributed by atoms with van der Waals surface area (Å²) in [6.45, 7) is 6.20. The largest absolute Gasteiger partial charge is 0.365 e. The summed E-state index contributed by atoms with van der Waals surface area (Å²) in [4.78, 5) is 3.07. The number of nitrogens with one attached hydrogen (secondary N) is 1. The van der Waals surface area contributed by atoms with Crippen molar-refractivity contribution in [2.45, 2.75) is 20.8 Å². The predicted molar refractivity (Wildman–Crippen MR) is 60.4 cm³/mol. The van der Waals surface area contributed by atoms with Crippen LogP contribution in [0.5, 0.6) is 0 Å². The van der Waals surface area contributed by atoms with E-state index in [-0.39, 0.29) is 0 Å².